The van der Waals surface area contributed by atoms with E-state index in [0.29, 0.717) is 19.3 Å². The van der Waals surface area contributed by atoms with Crippen molar-refractivity contribution in [3.8, 4) is 0 Å². The first-order valence-corrected chi connectivity index (χ1v) is 25.5. The lowest BCUT2D eigenvalue weighted by molar-refractivity contribution is -0.167. The van der Waals surface area contributed by atoms with Gasteiger partial charge in [-0.05, 0) is 70.6 Å². The lowest BCUT2D eigenvalue weighted by atomic mass is 10.0. The van der Waals surface area contributed by atoms with E-state index in [2.05, 4.69) is 57.2 Å². The molecule has 59 heavy (non-hydrogen) atoms. The van der Waals surface area contributed by atoms with Crippen LogP contribution in [0.4, 0.5) is 0 Å². The summed E-state index contributed by atoms with van der Waals surface area (Å²) in [5, 5.41) is 0. The van der Waals surface area contributed by atoms with Gasteiger partial charge < -0.3 is 14.2 Å². The second kappa shape index (κ2) is 48.3. The smallest absolute Gasteiger partial charge is 0.306 e. The van der Waals surface area contributed by atoms with E-state index < -0.39 is 6.10 Å². The number of hydrogen-bond donors (Lipinski definition) is 0. The standard InChI is InChI=1S/C53H96O6/c1-4-7-10-13-16-19-22-24-25-26-27-28-29-30-32-34-37-40-43-46-52(55)58-49-50(48-57-51(54)45-42-39-36-33-21-18-15-12-9-6-3)59-53(56)47-44-41-38-35-31-23-20-17-14-11-8-5-2/h12,15-16,19,24-25,50H,4-11,13-14,17-18,20-23,26-49H2,1-3H3/b15-12-,19-16-,25-24-. The zero-order valence-corrected chi connectivity index (χ0v) is 39.3. The van der Waals surface area contributed by atoms with Crippen molar-refractivity contribution in [2.24, 2.45) is 0 Å². The molecule has 6 nitrogen and oxygen atoms in total. The van der Waals surface area contributed by atoms with Gasteiger partial charge in [0.15, 0.2) is 6.10 Å². The Kier molecular flexibility index (Phi) is 46.4. The molecule has 0 aliphatic heterocycles. The summed E-state index contributed by atoms with van der Waals surface area (Å²) in [5.41, 5.74) is 0. The fourth-order valence-corrected chi connectivity index (χ4v) is 7.24. The minimum absolute atomic E-state index is 0.0744. The molecular formula is C53H96O6. The Morgan fingerprint density at radius 3 is 1.05 bits per heavy atom. The van der Waals surface area contributed by atoms with E-state index in [-0.39, 0.29) is 31.1 Å². The van der Waals surface area contributed by atoms with Crippen molar-refractivity contribution in [2.45, 2.75) is 271 Å². The van der Waals surface area contributed by atoms with E-state index in [1.165, 1.54) is 148 Å². The van der Waals surface area contributed by atoms with Gasteiger partial charge >= 0.3 is 17.9 Å². The predicted molar refractivity (Wildman–Crippen MR) is 252 cm³/mol. The van der Waals surface area contributed by atoms with Crippen LogP contribution in [0.3, 0.4) is 0 Å². The summed E-state index contributed by atoms with van der Waals surface area (Å²) in [7, 11) is 0. The maximum absolute atomic E-state index is 12.7. The van der Waals surface area contributed by atoms with Crippen LogP contribution < -0.4 is 0 Å². The quantitative estimate of drug-likeness (QED) is 0.0263. The van der Waals surface area contributed by atoms with Crippen LogP contribution in [0.15, 0.2) is 36.5 Å². The minimum Gasteiger partial charge on any atom is -0.462 e. The molecule has 1 atom stereocenters. The van der Waals surface area contributed by atoms with Gasteiger partial charge in [0.1, 0.15) is 13.2 Å². The molecule has 0 bridgehead atoms. The first-order chi connectivity index (χ1) is 29.0. The third-order valence-corrected chi connectivity index (χ3v) is 11.1. The monoisotopic (exact) mass is 829 g/mol. The van der Waals surface area contributed by atoms with Crippen LogP contribution >= 0.6 is 0 Å². The van der Waals surface area contributed by atoms with Crippen molar-refractivity contribution in [3.05, 3.63) is 36.5 Å². The summed E-state index contributed by atoms with van der Waals surface area (Å²) >= 11 is 0. The van der Waals surface area contributed by atoms with E-state index >= 15 is 0 Å². The molecule has 0 rings (SSSR count). The van der Waals surface area contributed by atoms with Crippen LogP contribution in [0.25, 0.3) is 0 Å². The Hall–Kier alpha value is -2.37. The minimum atomic E-state index is -0.772. The van der Waals surface area contributed by atoms with Gasteiger partial charge in [-0.3, -0.25) is 14.4 Å². The van der Waals surface area contributed by atoms with Gasteiger partial charge in [-0.2, -0.15) is 0 Å². The van der Waals surface area contributed by atoms with Crippen LogP contribution in [0.5, 0.6) is 0 Å². The molecule has 0 aromatic rings. The van der Waals surface area contributed by atoms with Gasteiger partial charge in [0.05, 0.1) is 0 Å². The summed E-state index contributed by atoms with van der Waals surface area (Å²) in [4.78, 5) is 37.8. The van der Waals surface area contributed by atoms with Crippen molar-refractivity contribution in [3.63, 3.8) is 0 Å². The van der Waals surface area contributed by atoms with Crippen LogP contribution in [0.1, 0.15) is 265 Å². The molecule has 0 aromatic heterocycles. The van der Waals surface area contributed by atoms with Crippen molar-refractivity contribution in [1.82, 2.24) is 0 Å². The molecule has 0 saturated heterocycles. The second-order valence-electron chi connectivity index (χ2n) is 17.1. The Labute approximate surface area is 365 Å². The largest absolute Gasteiger partial charge is 0.462 e. The Morgan fingerprint density at radius 1 is 0.339 bits per heavy atom. The summed E-state index contributed by atoms with van der Waals surface area (Å²) < 4.78 is 16.8. The lowest BCUT2D eigenvalue weighted by Gasteiger charge is -2.18. The molecule has 0 heterocycles. The highest BCUT2D eigenvalue weighted by Crippen LogP contribution is 2.15. The third kappa shape index (κ3) is 46.5. The summed E-state index contributed by atoms with van der Waals surface area (Å²) in [6.07, 6.45) is 55.6. The van der Waals surface area contributed by atoms with E-state index in [1.54, 1.807) is 0 Å². The van der Waals surface area contributed by atoms with Gasteiger partial charge in [-0.1, -0.05) is 211 Å². The molecule has 0 amide bonds. The zero-order valence-electron chi connectivity index (χ0n) is 39.3. The van der Waals surface area contributed by atoms with Crippen LogP contribution in [-0.4, -0.2) is 37.2 Å². The molecule has 0 fully saturated rings. The molecule has 0 N–H and O–H groups in total. The molecule has 0 radical (unpaired) electrons. The number of unbranched alkanes of at least 4 members (excludes halogenated alkanes) is 29. The van der Waals surface area contributed by atoms with Gasteiger partial charge in [-0.25, -0.2) is 0 Å². The summed E-state index contributed by atoms with van der Waals surface area (Å²) in [6, 6.07) is 0. The molecule has 0 saturated carbocycles. The third-order valence-electron chi connectivity index (χ3n) is 11.1. The van der Waals surface area contributed by atoms with E-state index in [4.69, 9.17) is 14.2 Å². The van der Waals surface area contributed by atoms with Gasteiger partial charge in [0, 0.05) is 19.3 Å². The first-order valence-electron chi connectivity index (χ1n) is 25.5. The van der Waals surface area contributed by atoms with Gasteiger partial charge in [0.2, 0.25) is 0 Å². The number of carbonyl (C=O) groups is 3. The van der Waals surface area contributed by atoms with Gasteiger partial charge in [0.25, 0.3) is 0 Å². The molecule has 0 aromatic carbocycles. The Morgan fingerprint density at radius 2 is 0.644 bits per heavy atom. The normalized spacial score (nSPS) is 12.3. The van der Waals surface area contributed by atoms with Crippen molar-refractivity contribution in [1.29, 1.82) is 0 Å². The SMILES string of the molecule is CCC/C=C\CCCCCCCC(=O)OCC(COC(=O)CCCCCCCCCCC/C=C\C/C=C\CCCCC)OC(=O)CCCCCCCCCCCCCC. The van der Waals surface area contributed by atoms with Crippen LogP contribution in [0.2, 0.25) is 0 Å². The number of rotatable bonds is 46. The molecule has 6 heteroatoms. The summed E-state index contributed by atoms with van der Waals surface area (Å²) in [5.74, 6) is -0.881. The van der Waals surface area contributed by atoms with Gasteiger partial charge in [-0.15, -0.1) is 0 Å². The van der Waals surface area contributed by atoms with Crippen molar-refractivity contribution >= 4 is 17.9 Å². The molecular weight excluding hydrogens is 733 g/mol. The molecule has 0 aliphatic carbocycles. The molecule has 0 spiro atoms. The van der Waals surface area contributed by atoms with Crippen LogP contribution in [0, 0.1) is 0 Å². The maximum atomic E-state index is 12.7. The Balaban J connectivity index is 4.29. The first kappa shape index (κ1) is 56.6. The molecule has 0 aliphatic rings. The second-order valence-corrected chi connectivity index (χ2v) is 17.1. The Bertz CT molecular complexity index is 1000. The zero-order chi connectivity index (χ0) is 43.0. The fraction of sp³-hybridized carbons (Fsp3) is 0.830. The molecule has 1 unspecified atom stereocenters. The summed E-state index contributed by atoms with van der Waals surface area (Å²) in [6.45, 7) is 6.55. The fourth-order valence-electron chi connectivity index (χ4n) is 7.24. The highest BCUT2D eigenvalue weighted by Gasteiger charge is 2.19. The van der Waals surface area contributed by atoms with Crippen LogP contribution in [-0.2, 0) is 28.6 Å². The van der Waals surface area contributed by atoms with Crippen molar-refractivity contribution in [2.75, 3.05) is 13.2 Å². The average Bonchev–Trinajstić information content (AvgIpc) is 3.23. The number of carbonyl (C=O) groups excluding carboxylic acids is 3. The maximum Gasteiger partial charge on any atom is 0.306 e. The lowest BCUT2D eigenvalue weighted by Crippen LogP contribution is -2.30. The van der Waals surface area contributed by atoms with E-state index in [0.717, 1.165) is 77.0 Å². The average molecular weight is 829 g/mol. The van der Waals surface area contributed by atoms with E-state index in [9.17, 15) is 14.4 Å². The number of allylic oxidation sites excluding steroid dienone is 6. The topological polar surface area (TPSA) is 78.9 Å². The van der Waals surface area contributed by atoms with Crippen molar-refractivity contribution < 1.29 is 28.6 Å². The number of esters is 3. The number of hydrogen-bond acceptors (Lipinski definition) is 6. The van der Waals surface area contributed by atoms with E-state index in [1.807, 2.05) is 0 Å². The molecule has 344 valence electrons. The predicted octanol–water partition coefficient (Wildman–Crippen LogP) is 16.5. The highest BCUT2D eigenvalue weighted by atomic mass is 16.6. The highest BCUT2D eigenvalue weighted by molar-refractivity contribution is 5.71. The number of ether oxygens (including phenoxy) is 3.